The van der Waals surface area contributed by atoms with Crippen molar-refractivity contribution in [1.82, 2.24) is 4.90 Å². The summed E-state index contributed by atoms with van der Waals surface area (Å²) in [6.07, 6.45) is 1.47. The van der Waals surface area contributed by atoms with Crippen LogP contribution in [0.15, 0.2) is 69.9 Å². The lowest BCUT2D eigenvalue weighted by molar-refractivity contribution is -0.137. The van der Waals surface area contributed by atoms with Crippen LogP contribution in [0.4, 0.5) is 0 Å². The summed E-state index contributed by atoms with van der Waals surface area (Å²) in [5.41, 5.74) is 2.30. The average molecular weight is 642 g/mol. The van der Waals surface area contributed by atoms with Crippen molar-refractivity contribution in [3.63, 3.8) is 0 Å². The molecule has 9 nitrogen and oxygen atoms in total. The fraction of sp³-hybridized carbons (Fsp3) is 0.424. The standard InChI is InChI=1S/C33H36ClNO8S/c1-32(2)15-22-30(24(36)17-32)29(31-23(35(22)13-12-28(38)39)16-33(3,4)18-25(31)37)19-6-11-26(27(14-19)42-5)43-44(40,41)21-9-7-20(34)8-10-21/h6-11,14,29H,12-13,15-18H2,1-5H3,(H,38,39). The number of ketones is 2. The number of rotatable bonds is 8. The smallest absolute Gasteiger partial charge is 0.339 e. The average Bonchev–Trinajstić information content (AvgIpc) is 2.90. The van der Waals surface area contributed by atoms with Crippen LogP contribution in [0.5, 0.6) is 11.5 Å². The number of ether oxygens (including phenoxy) is 1. The summed E-state index contributed by atoms with van der Waals surface area (Å²) in [7, 11) is -2.84. The molecule has 0 bridgehead atoms. The minimum Gasteiger partial charge on any atom is -0.493 e. The second kappa shape index (κ2) is 11.4. The van der Waals surface area contributed by atoms with E-state index in [9.17, 15) is 27.9 Å². The van der Waals surface area contributed by atoms with E-state index in [1.165, 1.54) is 37.4 Å². The minimum absolute atomic E-state index is 0.0549. The normalized spacial score (nSPS) is 19.9. The number of aliphatic carboxylic acids is 1. The van der Waals surface area contributed by atoms with Crippen LogP contribution in [-0.2, 0) is 24.5 Å². The third-order valence-electron chi connectivity index (χ3n) is 8.39. The summed E-state index contributed by atoms with van der Waals surface area (Å²) in [6, 6.07) is 10.3. The summed E-state index contributed by atoms with van der Waals surface area (Å²) in [5, 5.41) is 9.94. The van der Waals surface area contributed by atoms with Crippen LogP contribution in [0.25, 0.3) is 0 Å². The second-order valence-corrected chi connectivity index (χ2v) is 15.2. The van der Waals surface area contributed by atoms with Crippen molar-refractivity contribution in [2.24, 2.45) is 10.8 Å². The fourth-order valence-corrected chi connectivity index (χ4v) is 7.62. The summed E-state index contributed by atoms with van der Waals surface area (Å²) in [4.78, 5) is 41.4. The number of nitrogens with zero attached hydrogens (tertiary/aromatic N) is 1. The van der Waals surface area contributed by atoms with E-state index in [1.54, 1.807) is 12.1 Å². The molecule has 5 rings (SSSR count). The molecule has 0 fully saturated rings. The zero-order valence-electron chi connectivity index (χ0n) is 25.4. The first kappa shape index (κ1) is 31.8. The van der Waals surface area contributed by atoms with E-state index < -0.39 is 22.0 Å². The third kappa shape index (κ3) is 6.15. The number of carboxylic acid groups (broad SMARTS) is 1. The molecule has 0 amide bonds. The lowest BCUT2D eigenvalue weighted by Gasteiger charge is -2.49. The molecule has 0 radical (unpaired) electrons. The maximum Gasteiger partial charge on any atom is 0.339 e. The molecule has 0 spiro atoms. The van der Waals surface area contributed by atoms with Crippen LogP contribution in [0, 0.1) is 10.8 Å². The lowest BCUT2D eigenvalue weighted by atomic mass is 9.63. The van der Waals surface area contributed by atoms with E-state index in [4.69, 9.17) is 20.5 Å². The van der Waals surface area contributed by atoms with Crippen LogP contribution >= 0.6 is 11.6 Å². The van der Waals surface area contributed by atoms with Gasteiger partial charge in [-0.1, -0.05) is 45.4 Å². The van der Waals surface area contributed by atoms with Crippen LogP contribution in [0.2, 0.25) is 5.02 Å². The molecule has 1 aliphatic heterocycles. The molecule has 0 aromatic heterocycles. The predicted octanol–water partition coefficient (Wildman–Crippen LogP) is 6.28. The van der Waals surface area contributed by atoms with E-state index in [0.29, 0.717) is 34.6 Å². The Hall–Kier alpha value is -3.63. The van der Waals surface area contributed by atoms with E-state index in [0.717, 1.165) is 11.4 Å². The van der Waals surface area contributed by atoms with Crippen LogP contribution in [-0.4, -0.2) is 49.6 Å². The van der Waals surface area contributed by atoms with E-state index in [2.05, 4.69) is 0 Å². The van der Waals surface area contributed by atoms with Crippen LogP contribution in [0.3, 0.4) is 0 Å². The van der Waals surface area contributed by atoms with Crippen molar-refractivity contribution < 1.29 is 36.8 Å². The SMILES string of the molecule is COc1cc(C2C3=C(CC(C)(C)CC3=O)N(CCC(=O)O)C3=C2C(=O)CC(C)(C)C3)ccc1OS(=O)(=O)c1ccc(Cl)cc1. The van der Waals surface area contributed by atoms with Gasteiger partial charge in [-0.25, -0.2) is 0 Å². The first-order valence-corrected chi connectivity index (χ1v) is 16.2. The Balaban J connectivity index is 1.66. The number of carbonyl (C=O) groups excluding carboxylic acids is 2. The third-order valence-corrected chi connectivity index (χ3v) is 9.89. The lowest BCUT2D eigenvalue weighted by Crippen LogP contribution is -2.45. The quantitative estimate of drug-likeness (QED) is 0.331. The van der Waals surface area contributed by atoms with Crippen LogP contribution < -0.4 is 8.92 Å². The van der Waals surface area contributed by atoms with Gasteiger partial charge in [-0.2, -0.15) is 8.42 Å². The summed E-state index contributed by atoms with van der Waals surface area (Å²) in [5.74, 6) is -1.83. The molecule has 2 aliphatic carbocycles. The maximum atomic E-state index is 13.9. The monoisotopic (exact) mass is 641 g/mol. The Morgan fingerprint density at radius 3 is 1.95 bits per heavy atom. The Morgan fingerprint density at radius 1 is 0.909 bits per heavy atom. The van der Waals surface area contributed by atoms with Gasteiger partial charge in [-0.15, -0.1) is 0 Å². The first-order chi connectivity index (χ1) is 20.5. The Bertz CT molecular complexity index is 1670. The van der Waals surface area contributed by atoms with Gasteiger partial charge in [-0.3, -0.25) is 14.4 Å². The molecule has 1 heterocycles. The summed E-state index contributed by atoms with van der Waals surface area (Å²) in [6.45, 7) is 8.18. The van der Waals surface area contributed by atoms with Crippen molar-refractivity contribution >= 4 is 39.3 Å². The van der Waals surface area contributed by atoms with Crippen LogP contribution in [0.1, 0.15) is 71.3 Å². The van der Waals surface area contributed by atoms with Crippen molar-refractivity contribution in [1.29, 1.82) is 0 Å². The highest BCUT2D eigenvalue weighted by atomic mass is 35.5. The fourth-order valence-electron chi connectivity index (χ4n) is 6.56. The number of carbonyl (C=O) groups is 3. The van der Waals surface area contributed by atoms with Gasteiger partial charge in [-0.05, 0) is 65.6 Å². The molecule has 2 aromatic rings. The number of Topliss-reactive ketones (excluding diaryl/α,β-unsaturated/α-hetero) is 2. The number of allylic oxidation sites excluding steroid dienone is 4. The number of carboxylic acids is 1. The molecule has 44 heavy (non-hydrogen) atoms. The zero-order chi connectivity index (χ0) is 32.2. The largest absolute Gasteiger partial charge is 0.493 e. The molecule has 1 N–H and O–H groups in total. The van der Waals surface area contributed by atoms with Gasteiger partial charge in [0, 0.05) is 52.9 Å². The van der Waals surface area contributed by atoms with Crippen molar-refractivity contribution in [3.05, 3.63) is 75.6 Å². The molecule has 234 valence electrons. The van der Waals surface area contributed by atoms with Crippen molar-refractivity contribution in [2.45, 2.75) is 70.6 Å². The Kier molecular flexibility index (Phi) is 8.22. The van der Waals surface area contributed by atoms with Crippen molar-refractivity contribution in [2.75, 3.05) is 13.7 Å². The second-order valence-electron chi connectivity index (χ2n) is 13.2. The highest BCUT2D eigenvalue weighted by molar-refractivity contribution is 7.87. The summed E-state index contributed by atoms with van der Waals surface area (Å²) >= 11 is 5.91. The topological polar surface area (TPSA) is 127 Å². The van der Waals surface area contributed by atoms with Gasteiger partial charge < -0.3 is 18.9 Å². The molecule has 11 heteroatoms. The zero-order valence-corrected chi connectivity index (χ0v) is 27.0. The van der Waals surface area contributed by atoms with Gasteiger partial charge in [0.25, 0.3) is 0 Å². The number of methoxy groups -OCH3 is 1. The van der Waals surface area contributed by atoms with E-state index in [1.807, 2.05) is 32.6 Å². The van der Waals surface area contributed by atoms with Gasteiger partial charge in [0.15, 0.2) is 23.1 Å². The first-order valence-electron chi connectivity index (χ1n) is 14.4. The molecular weight excluding hydrogens is 606 g/mol. The Labute approximate surface area is 262 Å². The minimum atomic E-state index is -4.22. The molecule has 0 atom stereocenters. The predicted molar refractivity (Wildman–Crippen MR) is 164 cm³/mol. The molecule has 2 aromatic carbocycles. The number of hydrogen-bond acceptors (Lipinski definition) is 8. The Morgan fingerprint density at radius 2 is 1.45 bits per heavy atom. The molecule has 0 unspecified atom stereocenters. The molecule has 3 aliphatic rings. The van der Waals surface area contributed by atoms with Gasteiger partial charge in [0.2, 0.25) is 0 Å². The summed E-state index contributed by atoms with van der Waals surface area (Å²) < 4.78 is 37.1. The van der Waals surface area contributed by atoms with E-state index in [-0.39, 0.29) is 64.6 Å². The van der Waals surface area contributed by atoms with E-state index >= 15 is 0 Å². The highest BCUT2D eigenvalue weighted by Crippen LogP contribution is 2.55. The van der Waals surface area contributed by atoms with Gasteiger partial charge >= 0.3 is 16.1 Å². The molecule has 0 saturated heterocycles. The van der Waals surface area contributed by atoms with Gasteiger partial charge in [0.05, 0.1) is 13.5 Å². The van der Waals surface area contributed by atoms with Crippen molar-refractivity contribution in [3.8, 4) is 11.5 Å². The molecular formula is C33H36ClNO8S. The number of benzene rings is 2. The number of hydrogen-bond donors (Lipinski definition) is 1. The highest BCUT2D eigenvalue weighted by Gasteiger charge is 2.49. The number of halogens is 1. The van der Waals surface area contributed by atoms with Gasteiger partial charge in [0.1, 0.15) is 4.90 Å². The molecule has 0 saturated carbocycles. The maximum absolute atomic E-state index is 13.9.